The van der Waals surface area contributed by atoms with E-state index in [0.29, 0.717) is 17.3 Å². The molecule has 8 heteroatoms. The van der Waals surface area contributed by atoms with Crippen molar-refractivity contribution in [1.82, 2.24) is 20.4 Å². The fourth-order valence-electron chi connectivity index (χ4n) is 3.48. The van der Waals surface area contributed by atoms with Gasteiger partial charge in [-0.15, -0.1) is 0 Å². The average Bonchev–Trinajstić information content (AvgIpc) is 3.28. The predicted molar refractivity (Wildman–Crippen MR) is 114 cm³/mol. The smallest absolute Gasteiger partial charge is 0.325 e. The highest BCUT2D eigenvalue weighted by Crippen LogP contribution is 2.34. The molecule has 4 rings (SSSR count). The summed E-state index contributed by atoms with van der Waals surface area (Å²) in [5.41, 5.74) is 1.53. The number of halogens is 1. The van der Waals surface area contributed by atoms with Gasteiger partial charge in [0.2, 0.25) is 11.7 Å². The van der Waals surface area contributed by atoms with Crippen LogP contribution in [0.4, 0.5) is 4.79 Å². The Morgan fingerprint density at radius 1 is 1.13 bits per heavy atom. The zero-order valence-corrected chi connectivity index (χ0v) is 18.4. The lowest BCUT2D eigenvalue weighted by molar-refractivity contribution is -0.131. The third kappa shape index (κ3) is 3.52. The molecule has 2 heterocycles. The largest absolute Gasteiger partial charge is 0.337 e. The van der Waals surface area contributed by atoms with Gasteiger partial charge >= 0.3 is 6.03 Å². The van der Waals surface area contributed by atoms with Crippen LogP contribution in [0.1, 0.15) is 43.7 Å². The standard InChI is InChI=1S/C22H21BrN4O3/c1-13(2)14-8-10-15(11-9-14)19-24-18(30-26-19)12-27-20(28)22(3,25-21(27)29)16-6-4-5-7-17(16)23/h4-11,13H,12H2,1-3H3,(H,25,29). The minimum atomic E-state index is -1.17. The van der Waals surface area contributed by atoms with Gasteiger partial charge in [0.05, 0.1) is 0 Å². The van der Waals surface area contributed by atoms with Crippen molar-refractivity contribution in [3.8, 4) is 11.4 Å². The van der Waals surface area contributed by atoms with E-state index in [4.69, 9.17) is 4.52 Å². The van der Waals surface area contributed by atoms with Crippen LogP contribution in [0.3, 0.4) is 0 Å². The Morgan fingerprint density at radius 3 is 2.50 bits per heavy atom. The Labute approximate surface area is 182 Å². The maximum absolute atomic E-state index is 13.1. The van der Waals surface area contributed by atoms with Crippen molar-refractivity contribution >= 4 is 27.9 Å². The van der Waals surface area contributed by atoms with Crippen LogP contribution in [0, 0.1) is 0 Å². The molecule has 2 aromatic carbocycles. The molecular formula is C22H21BrN4O3. The molecule has 30 heavy (non-hydrogen) atoms. The Kier molecular flexibility index (Phi) is 5.19. The Balaban J connectivity index is 1.55. The van der Waals surface area contributed by atoms with E-state index in [1.807, 2.05) is 42.5 Å². The second kappa shape index (κ2) is 7.68. The molecule has 1 aliphatic heterocycles. The Hall–Kier alpha value is -3.00. The normalized spacial score (nSPS) is 18.9. The molecule has 0 bridgehead atoms. The number of carbonyl (C=O) groups excluding carboxylic acids is 2. The van der Waals surface area contributed by atoms with Crippen LogP contribution in [-0.2, 0) is 16.9 Å². The fourth-order valence-corrected chi connectivity index (χ4v) is 4.16. The molecule has 1 unspecified atom stereocenters. The molecule has 0 saturated carbocycles. The number of benzene rings is 2. The zero-order valence-electron chi connectivity index (χ0n) is 16.8. The highest BCUT2D eigenvalue weighted by atomic mass is 79.9. The summed E-state index contributed by atoms with van der Waals surface area (Å²) in [6.45, 7) is 5.84. The van der Waals surface area contributed by atoms with Gasteiger partial charge in [-0.1, -0.05) is 77.4 Å². The molecule has 1 atom stereocenters. The minimum Gasteiger partial charge on any atom is -0.337 e. The van der Waals surface area contributed by atoms with Crippen LogP contribution >= 0.6 is 15.9 Å². The summed E-state index contributed by atoms with van der Waals surface area (Å²) in [4.78, 5) is 31.1. The summed E-state index contributed by atoms with van der Waals surface area (Å²) in [7, 11) is 0. The first-order valence-corrected chi connectivity index (χ1v) is 10.4. The van der Waals surface area contributed by atoms with Crippen LogP contribution in [-0.4, -0.2) is 27.0 Å². The second-order valence-electron chi connectivity index (χ2n) is 7.71. The van der Waals surface area contributed by atoms with E-state index in [1.54, 1.807) is 13.0 Å². The van der Waals surface area contributed by atoms with E-state index in [-0.39, 0.29) is 18.3 Å². The number of imide groups is 1. The van der Waals surface area contributed by atoms with E-state index in [0.717, 1.165) is 14.9 Å². The minimum absolute atomic E-state index is 0.0954. The van der Waals surface area contributed by atoms with Crippen LogP contribution in [0.25, 0.3) is 11.4 Å². The zero-order chi connectivity index (χ0) is 21.5. The fraction of sp³-hybridized carbons (Fsp3) is 0.273. The summed E-state index contributed by atoms with van der Waals surface area (Å²) >= 11 is 3.46. The number of urea groups is 1. The molecule has 1 saturated heterocycles. The first-order chi connectivity index (χ1) is 14.3. The molecule has 0 spiro atoms. The first kappa shape index (κ1) is 20.3. The van der Waals surface area contributed by atoms with Crippen LogP contribution in [0.15, 0.2) is 57.5 Å². The second-order valence-corrected chi connectivity index (χ2v) is 8.57. The van der Waals surface area contributed by atoms with Crippen molar-refractivity contribution in [1.29, 1.82) is 0 Å². The summed E-state index contributed by atoms with van der Waals surface area (Å²) in [6, 6.07) is 14.7. The number of hydrogen-bond donors (Lipinski definition) is 1. The number of amides is 3. The van der Waals surface area contributed by atoms with E-state index in [9.17, 15) is 9.59 Å². The quantitative estimate of drug-likeness (QED) is 0.553. The number of nitrogens with one attached hydrogen (secondary N) is 1. The summed E-state index contributed by atoms with van der Waals surface area (Å²) in [6.07, 6.45) is 0. The molecule has 0 aliphatic carbocycles. The SMILES string of the molecule is CC(C)c1ccc(-c2noc(CN3C(=O)NC(C)(c4ccccc4Br)C3=O)n2)cc1. The van der Waals surface area contributed by atoms with Crippen molar-refractivity contribution < 1.29 is 14.1 Å². The number of nitrogens with zero attached hydrogens (tertiary/aromatic N) is 3. The molecule has 1 aliphatic rings. The molecule has 1 N–H and O–H groups in total. The van der Waals surface area contributed by atoms with Crippen molar-refractivity contribution in [2.45, 2.75) is 38.8 Å². The monoisotopic (exact) mass is 468 g/mol. The molecule has 1 fully saturated rings. The Bertz CT molecular complexity index is 1110. The average molecular weight is 469 g/mol. The van der Waals surface area contributed by atoms with Gasteiger partial charge in [0.25, 0.3) is 5.91 Å². The molecule has 154 valence electrons. The van der Waals surface area contributed by atoms with Gasteiger partial charge in [0, 0.05) is 15.6 Å². The lowest BCUT2D eigenvalue weighted by Gasteiger charge is -2.23. The summed E-state index contributed by atoms with van der Waals surface area (Å²) in [5, 5.41) is 6.78. The van der Waals surface area contributed by atoms with Gasteiger partial charge in [-0.3, -0.25) is 9.69 Å². The van der Waals surface area contributed by atoms with E-state index >= 15 is 0 Å². The lowest BCUT2D eigenvalue weighted by Crippen LogP contribution is -2.41. The van der Waals surface area contributed by atoms with Gasteiger partial charge in [0.1, 0.15) is 12.1 Å². The Morgan fingerprint density at radius 2 is 1.83 bits per heavy atom. The number of rotatable bonds is 5. The van der Waals surface area contributed by atoms with E-state index in [1.165, 1.54) is 5.56 Å². The third-order valence-corrected chi connectivity index (χ3v) is 5.98. The molecule has 7 nitrogen and oxygen atoms in total. The van der Waals surface area contributed by atoms with Crippen molar-refractivity contribution in [2.75, 3.05) is 0 Å². The van der Waals surface area contributed by atoms with Gasteiger partial charge in [0.15, 0.2) is 0 Å². The van der Waals surface area contributed by atoms with Crippen molar-refractivity contribution in [2.24, 2.45) is 0 Å². The molecule has 0 radical (unpaired) electrons. The van der Waals surface area contributed by atoms with Gasteiger partial charge < -0.3 is 9.84 Å². The van der Waals surface area contributed by atoms with E-state index < -0.39 is 11.6 Å². The topological polar surface area (TPSA) is 88.3 Å². The third-order valence-electron chi connectivity index (χ3n) is 5.28. The number of aromatic nitrogens is 2. The highest BCUT2D eigenvalue weighted by molar-refractivity contribution is 9.10. The van der Waals surface area contributed by atoms with Crippen LogP contribution in [0.5, 0.6) is 0 Å². The molecule has 1 aromatic heterocycles. The maximum Gasteiger partial charge on any atom is 0.325 e. The number of hydrogen-bond acceptors (Lipinski definition) is 5. The lowest BCUT2D eigenvalue weighted by atomic mass is 9.92. The maximum atomic E-state index is 13.1. The first-order valence-electron chi connectivity index (χ1n) is 9.61. The van der Waals surface area contributed by atoms with Crippen LogP contribution in [0.2, 0.25) is 0 Å². The van der Waals surface area contributed by atoms with Gasteiger partial charge in [-0.05, 0) is 24.5 Å². The highest BCUT2D eigenvalue weighted by Gasteiger charge is 2.50. The summed E-state index contributed by atoms with van der Waals surface area (Å²) < 4.78 is 6.05. The predicted octanol–water partition coefficient (Wildman–Crippen LogP) is 4.59. The van der Waals surface area contributed by atoms with Crippen LogP contribution < -0.4 is 5.32 Å². The molecule has 3 aromatic rings. The summed E-state index contributed by atoms with van der Waals surface area (Å²) in [5.74, 6) is 0.665. The number of carbonyl (C=O) groups is 2. The van der Waals surface area contributed by atoms with Crippen molar-refractivity contribution in [3.05, 3.63) is 70.0 Å². The van der Waals surface area contributed by atoms with E-state index in [2.05, 4.69) is 45.2 Å². The van der Waals surface area contributed by atoms with Gasteiger partial charge in [-0.2, -0.15) is 4.98 Å². The molecule has 3 amide bonds. The molecular weight excluding hydrogens is 448 g/mol. The van der Waals surface area contributed by atoms with Crippen molar-refractivity contribution in [3.63, 3.8) is 0 Å². The van der Waals surface area contributed by atoms with Gasteiger partial charge in [-0.25, -0.2) is 4.79 Å².